The van der Waals surface area contributed by atoms with E-state index in [9.17, 15) is 14.3 Å². The van der Waals surface area contributed by atoms with E-state index in [1.54, 1.807) is 12.1 Å². The van der Waals surface area contributed by atoms with Crippen molar-refractivity contribution >= 4 is 6.03 Å². The standard InChI is InChI=1S/C14H19FN2O2/c15-11-3-1-2-10(8-11)9-16-14(19)17-12-4-6-13(18)7-5-12/h1-3,8,12-13,18H,4-7,9H2,(H2,16,17,19). The van der Waals surface area contributed by atoms with E-state index in [1.807, 2.05) is 0 Å². The molecular weight excluding hydrogens is 247 g/mol. The van der Waals surface area contributed by atoms with Gasteiger partial charge in [0.15, 0.2) is 0 Å². The second kappa shape index (κ2) is 6.52. The van der Waals surface area contributed by atoms with Crippen molar-refractivity contribution in [2.24, 2.45) is 0 Å². The third kappa shape index (κ3) is 4.52. The molecule has 1 aliphatic rings. The van der Waals surface area contributed by atoms with Gasteiger partial charge in [0.2, 0.25) is 0 Å². The number of carbonyl (C=O) groups excluding carboxylic acids is 1. The molecule has 0 spiro atoms. The Balaban J connectivity index is 1.73. The highest BCUT2D eigenvalue weighted by molar-refractivity contribution is 5.74. The Morgan fingerprint density at radius 1 is 1.32 bits per heavy atom. The molecule has 1 aromatic rings. The van der Waals surface area contributed by atoms with Gasteiger partial charge in [0.05, 0.1) is 6.10 Å². The zero-order valence-corrected chi connectivity index (χ0v) is 10.7. The van der Waals surface area contributed by atoms with Gasteiger partial charge in [-0.2, -0.15) is 0 Å². The highest BCUT2D eigenvalue weighted by Crippen LogP contribution is 2.18. The summed E-state index contributed by atoms with van der Waals surface area (Å²) in [6, 6.07) is 6.03. The average Bonchev–Trinajstić information content (AvgIpc) is 2.39. The summed E-state index contributed by atoms with van der Waals surface area (Å²) in [6.45, 7) is 0.305. The fraction of sp³-hybridized carbons (Fsp3) is 0.500. The van der Waals surface area contributed by atoms with Gasteiger partial charge in [-0.3, -0.25) is 0 Å². The van der Waals surface area contributed by atoms with Crippen LogP contribution in [0.2, 0.25) is 0 Å². The maximum atomic E-state index is 12.9. The topological polar surface area (TPSA) is 61.4 Å². The number of hydrogen-bond donors (Lipinski definition) is 3. The van der Waals surface area contributed by atoms with Gasteiger partial charge < -0.3 is 15.7 Å². The lowest BCUT2D eigenvalue weighted by Gasteiger charge is -2.26. The van der Waals surface area contributed by atoms with Crippen LogP contribution in [0.3, 0.4) is 0 Å². The molecule has 1 fully saturated rings. The van der Waals surface area contributed by atoms with Crippen LogP contribution in [0.4, 0.5) is 9.18 Å². The number of rotatable bonds is 3. The minimum atomic E-state index is -0.305. The van der Waals surface area contributed by atoms with Crippen molar-refractivity contribution in [3.63, 3.8) is 0 Å². The number of halogens is 1. The molecular formula is C14H19FN2O2. The van der Waals surface area contributed by atoms with E-state index in [1.165, 1.54) is 12.1 Å². The summed E-state index contributed by atoms with van der Waals surface area (Å²) in [5.74, 6) is -0.305. The van der Waals surface area contributed by atoms with Crippen LogP contribution in [0.25, 0.3) is 0 Å². The molecule has 3 N–H and O–H groups in total. The number of nitrogens with one attached hydrogen (secondary N) is 2. The third-order valence-corrected chi connectivity index (χ3v) is 3.37. The minimum Gasteiger partial charge on any atom is -0.393 e. The third-order valence-electron chi connectivity index (χ3n) is 3.37. The quantitative estimate of drug-likeness (QED) is 0.783. The maximum Gasteiger partial charge on any atom is 0.315 e. The van der Waals surface area contributed by atoms with Crippen molar-refractivity contribution in [3.05, 3.63) is 35.6 Å². The summed E-state index contributed by atoms with van der Waals surface area (Å²) in [5, 5.41) is 15.0. The van der Waals surface area contributed by atoms with E-state index in [0.717, 1.165) is 31.2 Å². The normalized spacial score (nSPS) is 22.8. The number of aliphatic hydroxyl groups is 1. The second-order valence-corrected chi connectivity index (χ2v) is 4.96. The zero-order chi connectivity index (χ0) is 13.7. The number of urea groups is 1. The van der Waals surface area contributed by atoms with E-state index < -0.39 is 0 Å². The van der Waals surface area contributed by atoms with Crippen LogP contribution in [0.1, 0.15) is 31.2 Å². The first-order valence-corrected chi connectivity index (χ1v) is 6.60. The molecule has 1 aromatic carbocycles. The van der Waals surface area contributed by atoms with E-state index >= 15 is 0 Å². The van der Waals surface area contributed by atoms with Crippen LogP contribution in [-0.2, 0) is 6.54 Å². The number of aliphatic hydroxyl groups excluding tert-OH is 1. The molecule has 0 aliphatic heterocycles. The highest BCUT2D eigenvalue weighted by atomic mass is 19.1. The Bertz CT molecular complexity index is 431. The van der Waals surface area contributed by atoms with Crippen molar-refractivity contribution in [1.29, 1.82) is 0 Å². The van der Waals surface area contributed by atoms with Crippen molar-refractivity contribution < 1.29 is 14.3 Å². The van der Waals surface area contributed by atoms with Gasteiger partial charge in [-0.25, -0.2) is 9.18 Å². The van der Waals surface area contributed by atoms with Crippen molar-refractivity contribution in [2.75, 3.05) is 0 Å². The molecule has 2 rings (SSSR count). The van der Waals surface area contributed by atoms with Crippen molar-refractivity contribution in [2.45, 2.75) is 44.4 Å². The van der Waals surface area contributed by atoms with E-state index in [4.69, 9.17) is 0 Å². The lowest BCUT2D eigenvalue weighted by atomic mass is 9.93. The molecule has 0 unspecified atom stereocenters. The van der Waals surface area contributed by atoms with Gasteiger partial charge in [-0.05, 0) is 43.4 Å². The highest BCUT2D eigenvalue weighted by Gasteiger charge is 2.20. The summed E-state index contributed by atoms with van der Waals surface area (Å²) in [5.41, 5.74) is 0.731. The first-order valence-electron chi connectivity index (χ1n) is 6.60. The van der Waals surface area contributed by atoms with Crippen molar-refractivity contribution in [3.8, 4) is 0 Å². The Morgan fingerprint density at radius 3 is 2.74 bits per heavy atom. The molecule has 0 radical (unpaired) electrons. The van der Waals surface area contributed by atoms with Crippen molar-refractivity contribution in [1.82, 2.24) is 10.6 Å². The minimum absolute atomic E-state index is 0.121. The van der Waals surface area contributed by atoms with E-state index in [0.29, 0.717) is 6.54 Å². The molecule has 104 valence electrons. The summed E-state index contributed by atoms with van der Waals surface area (Å²) in [4.78, 5) is 11.7. The zero-order valence-electron chi connectivity index (χ0n) is 10.7. The number of amides is 2. The van der Waals surface area contributed by atoms with Gasteiger partial charge in [0, 0.05) is 12.6 Å². The Hall–Kier alpha value is -1.62. The van der Waals surface area contributed by atoms with E-state index in [2.05, 4.69) is 10.6 Å². The summed E-state index contributed by atoms with van der Waals surface area (Å²) >= 11 is 0. The van der Waals surface area contributed by atoms with Gasteiger partial charge in [0.1, 0.15) is 5.82 Å². The van der Waals surface area contributed by atoms with Crippen LogP contribution in [0.15, 0.2) is 24.3 Å². The molecule has 1 aliphatic carbocycles. The molecule has 19 heavy (non-hydrogen) atoms. The SMILES string of the molecule is O=C(NCc1cccc(F)c1)NC1CCC(O)CC1. The Morgan fingerprint density at radius 2 is 2.05 bits per heavy atom. The lowest BCUT2D eigenvalue weighted by Crippen LogP contribution is -2.43. The summed E-state index contributed by atoms with van der Waals surface area (Å²) in [7, 11) is 0. The van der Waals surface area contributed by atoms with Crippen LogP contribution in [0, 0.1) is 5.82 Å². The number of carbonyl (C=O) groups is 1. The molecule has 1 saturated carbocycles. The molecule has 0 aromatic heterocycles. The second-order valence-electron chi connectivity index (χ2n) is 4.96. The molecule has 5 heteroatoms. The molecule has 2 amide bonds. The monoisotopic (exact) mass is 266 g/mol. The largest absolute Gasteiger partial charge is 0.393 e. The fourth-order valence-corrected chi connectivity index (χ4v) is 2.29. The molecule has 0 heterocycles. The Kier molecular flexibility index (Phi) is 4.74. The van der Waals surface area contributed by atoms with Gasteiger partial charge >= 0.3 is 6.03 Å². The Labute approximate surface area is 112 Å². The smallest absolute Gasteiger partial charge is 0.315 e. The number of hydrogen-bond acceptors (Lipinski definition) is 2. The average molecular weight is 266 g/mol. The maximum absolute atomic E-state index is 12.9. The van der Waals surface area contributed by atoms with Gasteiger partial charge in [-0.15, -0.1) is 0 Å². The van der Waals surface area contributed by atoms with Crippen LogP contribution < -0.4 is 10.6 Å². The predicted molar refractivity (Wildman–Crippen MR) is 70.0 cm³/mol. The predicted octanol–water partition coefficient (Wildman–Crippen LogP) is 1.93. The fourth-order valence-electron chi connectivity index (χ4n) is 2.29. The first-order chi connectivity index (χ1) is 9.13. The van der Waals surface area contributed by atoms with Crippen LogP contribution in [0.5, 0.6) is 0 Å². The molecule has 4 nitrogen and oxygen atoms in total. The number of benzene rings is 1. The van der Waals surface area contributed by atoms with E-state index in [-0.39, 0.29) is 24.0 Å². The first kappa shape index (κ1) is 13.8. The van der Waals surface area contributed by atoms with Crippen LogP contribution in [-0.4, -0.2) is 23.3 Å². The van der Waals surface area contributed by atoms with Crippen LogP contribution >= 0.6 is 0 Å². The lowest BCUT2D eigenvalue weighted by molar-refractivity contribution is 0.117. The van der Waals surface area contributed by atoms with Gasteiger partial charge in [0.25, 0.3) is 0 Å². The molecule has 0 saturated heterocycles. The van der Waals surface area contributed by atoms with Gasteiger partial charge in [-0.1, -0.05) is 12.1 Å². The molecule has 0 bridgehead atoms. The summed E-state index contributed by atoms with van der Waals surface area (Å²) in [6.07, 6.45) is 2.83. The summed E-state index contributed by atoms with van der Waals surface area (Å²) < 4.78 is 12.9. The molecule has 0 atom stereocenters.